The third kappa shape index (κ3) is 2.59. The summed E-state index contributed by atoms with van der Waals surface area (Å²) in [5, 5.41) is 0.870. The second-order valence-electron chi connectivity index (χ2n) is 4.92. The van der Waals surface area contributed by atoms with Gasteiger partial charge in [0.2, 0.25) is 5.91 Å². The average Bonchev–Trinajstić information content (AvgIpc) is 3.03. The number of rotatable bonds is 6. The Morgan fingerprint density at radius 1 is 1.50 bits per heavy atom. The lowest BCUT2D eigenvalue weighted by atomic mass is 9.77. The van der Waals surface area contributed by atoms with Crippen molar-refractivity contribution in [1.82, 2.24) is 4.90 Å². The van der Waals surface area contributed by atoms with Crippen molar-refractivity contribution in [2.24, 2.45) is 0 Å². The predicted molar refractivity (Wildman–Crippen MR) is 66.7 cm³/mol. The van der Waals surface area contributed by atoms with Crippen LogP contribution >= 0.6 is 15.9 Å². The first-order chi connectivity index (χ1) is 7.71. The van der Waals surface area contributed by atoms with Gasteiger partial charge in [-0.2, -0.15) is 0 Å². The first kappa shape index (κ1) is 12.4. The molecule has 2 saturated carbocycles. The van der Waals surface area contributed by atoms with Crippen LogP contribution in [0.2, 0.25) is 0 Å². The molecule has 0 aromatic carbocycles. The Labute approximate surface area is 106 Å². The molecule has 0 radical (unpaired) electrons. The number of alkyl halides is 1. The zero-order chi connectivity index (χ0) is 11.6. The van der Waals surface area contributed by atoms with Gasteiger partial charge >= 0.3 is 0 Å². The summed E-state index contributed by atoms with van der Waals surface area (Å²) in [5.74, 6) is 0.281. The van der Waals surface area contributed by atoms with Gasteiger partial charge in [-0.15, -0.1) is 0 Å². The number of nitrogens with zero attached hydrogens (tertiary/aromatic N) is 1. The van der Waals surface area contributed by atoms with Gasteiger partial charge in [-0.05, 0) is 32.1 Å². The molecule has 2 rings (SSSR count). The summed E-state index contributed by atoms with van der Waals surface area (Å²) in [4.78, 5) is 14.2. The van der Waals surface area contributed by atoms with Crippen LogP contribution < -0.4 is 0 Å². The first-order valence-electron chi connectivity index (χ1n) is 6.11. The number of hydrogen-bond acceptors (Lipinski definition) is 2. The summed E-state index contributed by atoms with van der Waals surface area (Å²) in [6, 6.07) is 0.513. The first-order valence-corrected chi connectivity index (χ1v) is 7.23. The van der Waals surface area contributed by atoms with Crippen LogP contribution in [-0.4, -0.2) is 41.4 Å². The Bertz CT molecular complexity index is 256. The molecule has 0 unspecified atom stereocenters. The Kier molecular flexibility index (Phi) is 3.90. The molecule has 16 heavy (non-hydrogen) atoms. The van der Waals surface area contributed by atoms with E-state index in [0.29, 0.717) is 12.5 Å². The van der Waals surface area contributed by atoms with Gasteiger partial charge in [-0.3, -0.25) is 4.79 Å². The maximum absolute atomic E-state index is 12.2. The molecule has 0 spiro atoms. The highest BCUT2D eigenvalue weighted by atomic mass is 79.9. The molecule has 0 N–H and O–H groups in total. The lowest BCUT2D eigenvalue weighted by Crippen LogP contribution is -2.46. The minimum atomic E-state index is -0.128. The lowest BCUT2D eigenvalue weighted by molar-refractivity contribution is -0.144. The van der Waals surface area contributed by atoms with Crippen LogP contribution in [0.1, 0.15) is 38.5 Å². The van der Waals surface area contributed by atoms with Crippen LogP contribution in [0.15, 0.2) is 0 Å². The highest BCUT2D eigenvalue weighted by Gasteiger charge is 2.42. The SMILES string of the molecule is COC1(CC(=O)N(CCBr)C2CC2)CCC1. The van der Waals surface area contributed by atoms with Crippen LogP contribution in [0, 0.1) is 0 Å². The largest absolute Gasteiger partial charge is 0.378 e. The molecule has 0 aromatic rings. The van der Waals surface area contributed by atoms with Gasteiger partial charge in [-0.25, -0.2) is 0 Å². The Morgan fingerprint density at radius 2 is 2.19 bits per heavy atom. The second-order valence-corrected chi connectivity index (χ2v) is 5.72. The van der Waals surface area contributed by atoms with Gasteiger partial charge in [0.1, 0.15) is 0 Å². The molecule has 0 saturated heterocycles. The van der Waals surface area contributed by atoms with Crippen molar-refractivity contribution >= 4 is 21.8 Å². The number of carbonyl (C=O) groups excluding carboxylic acids is 1. The van der Waals surface area contributed by atoms with Crippen molar-refractivity contribution in [3.8, 4) is 0 Å². The molecule has 4 heteroatoms. The van der Waals surface area contributed by atoms with E-state index < -0.39 is 0 Å². The van der Waals surface area contributed by atoms with Gasteiger partial charge in [0, 0.05) is 25.0 Å². The quantitative estimate of drug-likeness (QED) is 0.703. The van der Waals surface area contributed by atoms with E-state index >= 15 is 0 Å². The molecule has 0 atom stereocenters. The minimum absolute atomic E-state index is 0.128. The van der Waals surface area contributed by atoms with Crippen molar-refractivity contribution in [2.75, 3.05) is 19.0 Å². The third-order valence-corrected chi connectivity index (χ3v) is 4.16. The van der Waals surface area contributed by atoms with E-state index in [0.717, 1.165) is 24.7 Å². The number of halogens is 1. The highest BCUT2D eigenvalue weighted by molar-refractivity contribution is 9.09. The van der Waals surface area contributed by atoms with E-state index in [2.05, 4.69) is 15.9 Å². The molecule has 92 valence electrons. The van der Waals surface area contributed by atoms with Gasteiger partial charge < -0.3 is 9.64 Å². The molecule has 2 aliphatic carbocycles. The molecule has 0 bridgehead atoms. The summed E-state index contributed by atoms with van der Waals surface area (Å²) in [7, 11) is 1.73. The van der Waals surface area contributed by atoms with Crippen molar-refractivity contribution < 1.29 is 9.53 Å². The fourth-order valence-electron chi connectivity index (χ4n) is 2.39. The average molecular weight is 290 g/mol. The van der Waals surface area contributed by atoms with E-state index in [9.17, 15) is 4.79 Å². The van der Waals surface area contributed by atoms with Crippen LogP contribution in [0.4, 0.5) is 0 Å². The van der Waals surface area contributed by atoms with Crippen molar-refractivity contribution in [3.63, 3.8) is 0 Å². The van der Waals surface area contributed by atoms with Crippen LogP contribution in [0.5, 0.6) is 0 Å². The highest BCUT2D eigenvalue weighted by Crippen LogP contribution is 2.39. The number of carbonyl (C=O) groups is 1. The van der Waals surface area contributed by atoms with E-state index in [4.69, 9.17) is 4.74 Å². The molecular weight excluding hydrogens is 270 g/mol. The smallest absolute Gasteiger partial charge is 0.225 e. The fraction of sp³-hybridized carbons (Fsp3) is 0.917. The molecular formula is C12H20BrNO2. The van der Waals surface area contributed by atoms with E-state index in [1.54, 1.807) is 7.11 Å². The monoisotopic (exact) mass is 289 g/mol. The molecule has 0 aliphatic heterocycles. The number of hydrogen-bond donors (Lipinski definition) is 0. The summed E-state index contributed by atoms with van der Waals surface area (Å²) in [6.45, 7) is 0.837. The topological polar surface area (TPSA) is 29.5 Å². The molecule has 0 aromatic heterocycles. The lowest BCUT2D eigenvalue weighted by Gasteiger charge is -2.41. The summed E-state index contributed by atoms with van der Waals surface area (Å²) < 4.78 is 5.51. The van der Waals surface area contributed by atoms with Crippen LogP contribution in [0.3, 0.4) is 0 Å². The Balaban J connectivity index is 1.89. The van der Waals surface area contributed by atoms with Crippen molar-refractivity contribution in [2.45, 2.75) is 50.2 Å². The summed E-state index contributed by atoms with van der Waals surface area (Å²) >= 11 is 3.42. The summed E-state index contributed by atoms with van der Waals surface area (Å²) in [6.07, 6.45) is 6.22. The zero-order valence-electron chi connectivity index (χ0n) is 9.88. The molecule has 3 nitrogen and oxygen atoms in total. The molecule has 2 fully saturated rings. The predicted octanol–water partition coefficient (Wildman–Crippen LogP) is 2.33. The van der Waals surface area contributed by atoms with Gasteiger partial charge in [0.15, 0.2) is 0 Å². The van der Waals surface area contributed by atoms with E-state index in [-0.39, 0.29) is 11.5 Å². The van der Waals surface area contributed by atoms with Crippen molar-refractivity contribution in [3.05, 3.63) is 0 Å². The number of methoxy groups -OCH3 is 1. The van der Waals surface area contributed by atoms with Gasteiger partial charge in [-0.1, -0.05) is 15.9 Å². The van der Waals surface area contributed by atoms with Crippen molar-refractivity contribution in [1.29, 1.82) is 0 Å². The van der Waals surface area contributed by atoms with Crippen LogP contribution in [0.25, 0.3) is 0 Å². The van der Waals surface area contributed by atoms with E-state index in [1.165, 1.54) is 19.3 Å². The zero-order valence-corrected chi connectivity index (χ0v) is 11.5. The molecule has 0 heterocycles. The standard InChI is InChI=1S/C12H20BrNO2/c1-16-12(5-2-6-12)9-11(15)14(8-7-13)10-3-4-10/h10H,2-9H2,1H3. The van der Waals surface area contributed by atoms with E-state index in [1.807, 2.05) is 4.90 Å². The number of ether oxygens (including phenoxy) is 1. The maximum Gasteiger partial charge on any atom is 0.225 e. The Hall–Kier alpha value is -0.0900. The normalized spacial score (nSPS) is 22.6. The molecule has 2 aliphatic rings. The fourth-order valence-corrected chi connectivity index (χ4v) is 2.77. The maximum atomic E-state index is 12.2. The van der Waals surface area contributed by atoms with Crippen LogP contribution in [-0.2, 0) is 9.53 Å². The Morgan fingerprint density at radius 3 is 2.56 bits per heavy atom. The number of amides is 1. The van der Waals surface area contributed by atoms with Gasteiger partial charge in [0.05, 0.1) is 12.0 Å². The summed E-state index contributed by atoms with van der Waals surface area (Å²) in [5.41, 5.74) is -0.128. The second kappa shape index (κ2) is 5.05. The third-order valence-electron chi connectivity index (χ3n) is 3.80. The molecule has 1 amide bonds. The minimum Gasteiger partial charge on any atom is -0.378 e. The van der Waals surface area contributed by atoms with Gasteiger partial charge in [0.25, 0.3) is 0 Å².